The van der Waals surface area contributed by atoms with Crippen LogP contribution >= 0.6 is 0 Å². The molecule has 6 rings (SSSR count). The molecule has 8 heteroatoms. The Morgan fingerprint density at radius 2 is 1.81 bits per heavy atom. The number of esters is 1. The predicted octanol–water partition coefficient (Wildman–Crippen LogP) is 4.84. The molecule has 3 amide bonds. The molecule has 3 heterocycles. The number of imide groups is 1. The molecular formula is C29H25N3O5. The predicted molar refractivity (Wildman–Crippen MR) is 138 cm³/mol. The van der Waals surface area contributed by atoms with Crippen LogP contribution in [0.3, 0.4) is 0 Å². The molecular weight excluding hydrogens is 470 g/mol. The lowest BCUT2D eigenvalue weighted by Crippen LogP contribution is -2.44. The van der Waals surface area contributed by atoms with Crippen molar-refractivity contribution >= 4 is 34.5 Å². The van der Waals surface area contributed by atoms with Crippen molar-refractivity contribution in [3.63, 3.8) is 0 Å². The van der Waals surface area contributed by atoms with E-state index in [9.17, 15) is 14.4 Å². The van der Waals surface area contributed by atoms with Gasteiger partial charge in [-0.15, -0.1) is 0 Å². The molecule has 8 nitrogen and oxygen atoms in total. The molecule has 2 aliphatic heterocycles. The van der Waals surface area contributed by atoms with Crippen molar-refractivity contribution in [3.05, 3.63) is 95.2 Å². The molecule has 2 aliphatic rings. The third kappa shape index (κ3) is 3.56. The Bertz CT molecular complexity index is 1540. The lowest BCUT2D eigenvalue weighted by atomic mass is 9.89. The summed E-state index contributed by atoms with van der Waals surface area (Å²) in [6.07, 6.45) is 0.405. The van der Waals surface area contributed by atoms with Crippen LogP contribution in [0.1, 0.15) is 40.1 Å². The number of para-hydroxylation sites is 1. The molecule has 37 heavy (non-hydrogen) atoms. The second-order valence-corrected chi connectivity index (χ2v) is 9.09. The largest absolute Gasteiger partial charge is 0.497 e. The Labute approximate surface area is 213 Å². The van der Waals surface area contributed by atoms with E-state index >= 15 is 0 Å². The molecule has 1 N–H and O–H groups in total. The summed E-state index contributed by atoms with van der Waals surface area (Å²) in [6, 6.07) is 20.3. The Morgan fingerprint density at radius 3 is 2.57 bits per heavy atom. The van der Waals surface area contributed by atoms with Gasteiger partial charge in [-0.3, -0.25) is 9.69 Å². The van der Waals surface area contributed by atoms with Crippen LogP contribution in [0.5, 0.6) is 5.75 Å². The molecule has 1 aromatic heterocycles. The van der Waals surface area contributed by atoms with Gasteiger partial charge >= 0.3 is 12.0 Å². The van der Waals surface area contributed by atoms with Crippen molar-refractivity contribution in [1.82, 2.24) is 9.88 Å². The standard InChI is InChI=1S/C29H25N3O5/c1-3-37-28(34)17-11-13-19(14-12-17)31-27(33)24-16-22-21-9-4-5-10-23(21)30-25(22)26(32(24)29(31)35)18-7-6-8-20(15-18)36-2/h4-15,24,26,30H,3,16H2,1-2H3. The van der Waals surface area contributed by atoms with Gasteiger partial charge in [-0.05, 0) is 60.5 Å². The number of carbonyl (C=O) groups is 3. The van der Waals surface area contributed by atoms with Crippen molar-refractivity contribution in [2.75, 3.05) is 18.6 Å². The maximum absolute atomic E-state index is 13.9. The highest BCUT2D eigenvalue weighted by molar-refractivity contribution is 6.22. The second kappa shape index (κ2) is 8.81. The number of aromatic amines is 1. The highest BCUT2D eigenvalue weighted by atomic mass is 16.5. The number of benzene rings is 3. The number of carbonyl (C=O) groups excluding carboxylic acids is 3. The fourth-order valence-corrected chi connectivity index (χ4v) is 5.43. The van der Waals surface area contributed by atoms with E-state index in [0.29, 0.717) is 23.4 Å². The van der Waals surface area contributed by atoms with Crippen molar-refractivity contribution in [2.45, 2.75) is 25.4 Å². The van der Waals surface area contributed by atoms with E-state index < -0.39 is 24.1 Å². The molecule has 2 atom stereocenters. The Morgan fingerprint density at radius 1 is 1.03 bits per heavy atom. The van der Waals surface area contributed by atoms with E-state index in [1.54, 1.807) is 43.2 Å². The first kappa shape index (κ1) is 22.8. The molecule has 2 unspecified atom stereocenters. The molecule has 0 saturated carbocycles. The van der Waals surface area contributed by atoms with Gasteiger partial charge in [0.05, 0.1) is 25.0 Å². The van der Waals surface area contributed by atoms with Crippen LogP contribution in [0.25, 0.3) is 10.9 Å². The van der Waals surface area contributed by atoms with Gasteiger partial charge in [0.1, 0.15) is 17.8 Å². The maximum atomic E-state index is 13.9. The summed E-state index contributed by atoms with van der Waals surface area (Å²) in [5.74, 6) is -0.0756. The summed E-state index contributed by atoms with van der Waals surface area (Å²) < 4.78 is 10.5. The van der Waals surface area contributed by atoms with Gasteiger partial charge in [-0.1, -0.05) is 30.3 Å². The highest BCUT2D eigenvalue weighted by Gasteiger charge is 2.53. The molecule has 1 saturated heterocycles. The van der Waals surface area contributed by atoms with Crippen molar-refractivity contribution < 1.29 is 23.9 Å². The van der Waals surface area contributed by atoms with Gasteiger partial charge in [-0.25, -0.2) is 14.5 Å². The van der Waals surface area contributed by atoms with Crippen LogP contribution in [0.15, 0.2) is 72.8 Å². The first-order chi connectivity index (χ1) is 18.0. The third-order valence-corrected chi connectivity index (χ3v) is 7.10. The number of hydrogen-bond acceptors (Lipinski definition) is 5. The number of anilines is 1. The summed E-state index contributed by atoms with van der Waals surface area (Å²) in [7, 11) is 1.60. The van der Waals surface area contributed by atoms with Gasteiger partial charge in [0.15, 0.2) is 0 Å². The van der Waals surface area contributed by atoms with Crippen LogP contribution in [0.2, 0.25) is 0 Å². The molecule has 0 bridgehead atoms. The van der Waals surface area contributed by atoms with Gasteiger partial charge in [-0.2, -0.15) is 0 Å². The van der Waals surface area contributed by atoms with E-state index in [4.69, 9.17) is 9.47 Å². The number of amides is 3. The first-order valence-electron chi connectivity index (χ1n) is 12.2. The number of aromatic nitrogens is 1. The van der Waals surface area contributed by atoms with E-state index in [2.05, 4.69) is 4.98 Å². The van der Waals surface area contributed by atoms with Crippen LogP contribution in [-0.2, 0) is 16.0 Å². The van der Waals surface area contributed by atoms with Gasteiger partial charge in [0.25, 0.3) is 5.91 Å². The average molecular weight is 496 g/mol. The van der Waals surface area contributed by atoms with Crippen LogP contribution in [0, 0.1) is 0 Å². The second-order valence-electron chi connectivity index (χ2n) is 9.09. The maximum Gasteiger partial charge on any atom is 0.338 e. The lowest BCUT2D eigenvalue weighted by molar-refractivity contribution is -0.120. The van der Waals surface area contributed by atoms with Crippen LogP contribution in [-0.4, -0.2) is 47.6 Å². The topological polar surface area (TPSA) is 91.9 Å². The monoisotopic (exact) mass is 495 g/mol. The molecule has 0 aliphatic carbocycles. The van der Waals surface area contributed by atoms with Gasteiger partial charge < -0.3 is 14.5 Å². The summed E-state index contributed by atoms with van der Waals surface area (Å²) >= 11 is 0. The fraction of sp³-hybridized carbons (Fsp3) is 0.207. The van der Waals surface area contributed by atoms with Crippen LogP contribution in [0.4, 0.5) is 10.5 Å². The van der Waals surface area contributed by atoms with Crippen molar-refractivity contribution in [2.24, 2.45) is 0 Å². The smallest absolute Gasteiger partial charge is 0.338 e. The molecule has 0 radical (unpaired) electrons. The molecule has 0 spiro atoms. The third-order valence-electron chi connectivity index (χ3n) is 7.10. The van der Waals surface area contributed by atoms with Crippen molar-refractivity contribution in [3.8, 4) is 5.75 Å². The summed E-state index contributed by atoms with van der Waals surface area (Å²) in [5.41, 5.74) is 4.51. The minimum Gasteiger partial charge on any atom is -0.497 e. The summed E-state index contributed by atoms with van der Waals surface area (Å²) in [4.78, 5) is 46.2. The number of nitrogens with zero attached hydrogens (tertiary/aromatic N) is 2. The molecule has 186 valence electrons. The quantitative estimate of drug-likeness (QED) is 0.316. The number of H-pyrrole nitrogens is 1. The highest BCUT2D eigenvalue weighted by Crippen LogP contribution is 2.45. The van der Waals surface area contributed by atoms with E-state index in [1.165, 1.54) is 4.90 Å². The fourth-order valence-electron chi connectivity index (χ4n) is 5.43. The number of fused-ring (bicyclic) bond motifs is 4. The molecule has 4 aromatic rings. The Hall–Kier alpha value is -4.59. The number of urea groups is 1. The number of hydrogen-bond donors (Lipinski definition) is 1. The minimum atomic E-state index is -0.667. The molecule has 3 aromatic carbocycles. The van der Waals surface area contributed by atoms with E-state index in [0.717, 1.165) is 27.7 Å². The Balaban J connectivity index is 1.45. The zero-order valence-corrected chi connectivity index (χ0v) is 20.4. The van der Waals surface area contributed by atoms with Gasteiger partial charge in [0, 0.05) is 23.0 Å². The van der Waals surface area contributed by atoms with Crippen LogP contribution < -0.4 is 9.64 Å². The average Bonchev–Trinajstić information content (AvgIpc) is 3.42. The number of methoxy groups -OCH3 is 1. The van der Waals surface area contributed by atoms with E-state index in [1.807, 2.05) is 48.5 Å². The summed E-state index contributed by atoms with van der Waals surface area (Å²) in [6.45, 7) is 2.00. The lowest BCUT2D eigenvalue weighted by Gasteiger charge is -2.36. The minimum absolute atomic E-state index is 0.265. The van der Waals surface area contributed by atoms with E-state index in [-0.39, 0.29) is 12.5 Å². The van der Waals surface area contributed by atoms with Crippen molar-refractivity contribution in [1.29, 1.82) is 0 Å². The Kier molecular flexibility index (Phi) is 5.44. The number of rotatable bonds is 5. The molecule has 1 fully saturated rings. The SMILES string of the molecule is CCOC(=O)c1ccc(N2C(=O)C3Cc4c([nH]c5ccccc45)C(c4cccc(OC)c4)N3C2=O)cc1. The first-order valence-corrected chi connectivity index (χ1v) is 12.2. The zero-order chi connectivity index (χ0) is 25.7. The summed E-state index contributed by atoms with van der Waals surface area (Å²) in [5, 5.41) is 1.04. The normalized spacial score (nSPS) is 18.6. The number of ether oxygens (including phenoxy) is 2. The number of nitrogens with one attached hydrogen (secondary N) is 1. The zero-order valence-electron chi connectivity index (χ0n) is 20.4. The van der Waals surface area contributed by atoms with Gasteiger partial charge in [0.2, 0.25) is 0 Å².